The number of nitrogens with zero attached hydrogens (tertiary/aromatic N) is 2. The Bertz CT molecular complexity index is 930. The molecule has 3 rings (SSSR count). The minimum atomic E-state index is -0.471. The minimum Gasteiger partial charge on any atom is -0.497 e. The summed E-state index contributed by atoms with van der Waals surface area (Å²) in [5.41, 5.74) is 1.99. The van der Waals surface area contributed by atoms with Gasteiger partial charge in [0.15, 0.2) is 11.5 Å². The van der Waals surface area contributed by atoms with Crippen molar-refractivity contribution in [3.05, 3.63) is 53.5 Å². The van der Waals surface area contributed by atoms with Gasteiger partial charge in [-0.1, -0.05) is 24.6 Å². The summed E-state index contributed by atoms with van der Waals surface area (Å²) < 4.78 is 15.6. The van der Waals surface area contributed by atoms with E-state index in [0.717, 1.165) is 35.1 Å². The lowest BCUT2D eigenvalue weighted by Crippen LogP contribution is -2.06. The molecule has 0 amide bonds. The quantitative estimate of drug-likeness (QED) is 0.465. The fourth-order valence-electron chi connectivity index (χ4n) is 2.44. The van der Waals surface area contributed by atoms with Crippen molar-refractivity contribution in [1.29, 1.82) is 0 Å². The third-order valence-electron chi connectivity index (χ3n) is 3.88. The molecule has 2 heterocycles. The van der Waals surface area contributed by atoms with E-state index < -0.39 is 5.97 Å². The van der Waals surface area contributed by atoms with Crippen molar-refractivity contribution in [2.75, 3.05) is 13.7 Å². The molecule has 0 fully saturated rings. The molecular formula is C20H20N2O4. The standard InChI is InChI=1S/C20H20N2O4/c1-3-4-11-25-20(23)19-13-16(26-22-19)6-5-14-9-10-21-18-8-7-15(24-2)12-17(14)18/h5-10,12-13H,3-4,11H2,1-2H3/b6-5+. The second-order valence-electron chi connectivity index (χ2n) is 5.72. The van der Waals surface area contributed by atoms with Crippen LogP contribution in [0.15, 0.2) is 41.1 Å². The summed E-state index contributed by atoms with van der Waals surface area (Å²) in [6, 6.07) is 9.17. The van der Waals surface area contributed by atoms with Gasteiger partial charge in [0, 0.05) is 17.6 Å². The van der Waals surface area contributed by atoms with Crippen LogP contribution in [0.1, 0.15) is 41.6 Å². The van der Waals surface area contributed by atoms with Crippen molar-refractivity contribution in [2.24, 2.45) is 0 Å². The summed E-state index contributed by atoms with van der Waals surface area (Å²) in [6.07, 6.45) is 7.17. The number of unbranched alkanes of at least 4 members (excludes halogenated alkanes) is 1. The molecule has 0 spiro atoms. The SMILES string of the molecule is CCCCOC(=O)c1cc(/C=C/c2ccnc3ccc(OC)cc23)on1. The highest BCUT2D eigenvalue weighted by atomic mass is 16.5. The van der Waals surface area contributed by atoms with Crippen molar-refractivity contribution >= 4 is 29.0 Å². The molecule has 1 aromatic carbocycles. The van der Waals surface area contributed by atoms with Crippen molar-refractivity contribution in [2.45, 2.75) is 19.8 Å². The number of methoxy groups -OCH3 is 1. The fourth-order valence-corrected chi connectivity index (χ4v) is 2.44. The maximum absolute atomic E-state index is 11.9. The molecule has 26 heavy (non-hydrogen) atoms. The lowest BCUT2D eigenvalue weighted by atomic mass is 10.1. The Hall–Kier alpha value is -3.15. The van der Waals surface area contributed by atoms with Crippen LogP contribution in [0.3, 0.4) is 0 Å². The number of ether oxygens (including phenoxy) is 2. The van der Waals surface area contributed by atoms with Gasteiger partial charge < -0.3 is 14.0 Å². The number of pyridine rings is 1. The van der Waals surface area contributed by atoms with Crippen molar-refractivity contribution in [3.63, 3.8) is 0 Å². The van der Waals surface area contributed by atoms with Gasteiger partial charge in [-0.15, -0.1) is 0 Å². The molecular weight excluding hydrogens is 332 g/mol. The van der Waals surface area contributed by atoms with Crippen LogP contribution < -0.4 is 4.74 Å². The molecule has 0 aliphatic rings. The van der Waals surface area contributed by atoms with Crippen LogP contribution >= 0.6 is 0 Å². The van der Waals surface area contributed by atoms with Crippen LogP contribution in [0.25, 0.3) is 23.1 Å². The van der Waals surface area contributed by atoms with E-state index in [1.54, 1.807) is 25.4 Å². The Morgan fingerprint density at radius 2 is 2.12 bits per heavy atom. The van der Waals surface area contributed by atoms with E-state index in [-0.39, 0.29) is 5.69 Å². The third kappa shape index (κ3) is 4.08. The van der Waals surface area contributed by atoms with Gasteiger partial charge in [-0.25, -0.2) is 4.79 Å². The molecule has 134 valence electrons. The highest BCUT2D eigenvalue weighted by Gasteiger charge is 2.12. The molecule has 2 aromatic heterocycles. The van der Waals surface area contributed by atoms with E-state index >= 15 is 0 Å². The van der Waals surface area contributed by atoms with Gasteiger partial charge in [0.05, 0.1) is 19.2 Å². The summed E-state index contributed by atoms with van der Waals surface area (Å²) in [4.78, 5) is 16.2. The van der Waals surface area contributed by atoms with E-state index in [1.807, 2.05) is 37.3 Å². The average molecular weight is 352 g/mol. The van der Waals surface area contributed by atoms with Gasteiger partial charge in [0.25, 0.3) is 0 Å². The van der Waals surface area contributed by atoms with Crippen LogP contribution in [0.2, 0.25) is 0 Å². The summed E-state index contributed by atoms with van der Waals surface area (Å²) in [6.45, 7) is 2.42. The first kappa shape index (κ1) is 17.7. The summed E-state index contributed by atoms with van der Waals surface area (Å²) >= 11 is 0. The Balaban J connectivity index is 1.78. The van der Waals surface area contributed by atoms with Crippen LogP contribution in [0.5, 0.6) is 5.75 Å². The van der Waals surface area contributed by atoms with Gasteiger partial charge in [-0.2, -0.15) is 0 Å². The second kappa shape index (κ2) is 8.29. The highest BCUT2D eigenvalue weighted by Crippen LogP contribution is 2.24. The van der Waals surface area contributed by atoms with Gasteiger partial charge in [0.1, 0.15) is 5.75 Å². The van der Waals surface area contributed by atoms with Crippen molar-refractivity contribution in [3.8, 4) is 5.75 Å². The largest absolute Gasteiger partial charge is 0.497 e. The minimum absolute atomic E-state index is 0.169. The Morgan fingerprint density at radius 1 is 1.23 bits per heavy atom. The van der Waals surface area contributed by atoms with Gasteiger partial charge >= 0.3 is 5.97 Å². The smallest absolute Gasteiger partial charge is 0.360 e. The zero-order valence-electron chi connectivity index (χ0n) is 14.8. The van der Waals surface area contributed by atoms with Gasteiger partial charge in [-0.05, 0) is 42.3 Å². The van der Waals surface area contributed by atoms with Crippen LogP contribution in [0, 0.1) is 0 Å². The lowest BCUT2D eigenvalue weighted by molar-refractivity contribution is 0.0488. The first-order valence-electron chi connectivity index (χ1n) is 8.46. The molecule has 6 heteroatoms. The number of aromatic nitrogens is 2. The number of hydrogen-bond donors (Lipinski definition) is 0. The second-order valence-corrected chi connectivity index (χ2v) is 5.72. The third-order valence-corrected chi connectivity index (χ3v) is 3.88. The maximum Gasteiger partial charge on any atom is 0.360 e. The zero-order chi connectivity index (χ0) is 18.4. The topological polar surface area (TPSA) is 74.5 Å². The molecule has 3 aromatic rings. The molecule has 6 nitrogen and oxygen atoms in total. The average Bonchev–Trinajstić information content (AvgIpc) is 3.15. The van der Waals surface area contributed by atoms with Crippen LogP contribution in [0.4, 0.5) is 0 Å². The fraction of sp³-hybridized carbons (Fsp3) is 0.250. The summed E-state index contributed by atoms with van der Waals surface area (Å²) in [5.74, 6) is 0.762. The monoisotopic (exact) mass is 352 g/mol. The van der Waals surface area contributed by atoms with E-state index in [4.69, 9.17) is 14.0 Å². The molecule has 0 aliphatic carbocycles. The number of carbonyl (C=O) groups is 1. The van der Waals surface area contributed by atoms with Crippen LogP contribution in [-0.2, 0) is 4.74 Å². The number of carbonyl (C=O) groups excluding carboxylic acids is 1. The predicted molar refractivity (Wildman–Crippen MR) is 98.9 cm³/mol. The van der Waals surface area contributed by atoms with Gasteiger partial charge in [-0.3, -0.25) is 4.98 Å². The van der Waals surface area contributed by atoms with Crippen molar-refractivity contribution < 1.29 is 18.8 Å². The summed E-state index contributed by atoms with van der Waals surface area (Å²) in [5, 5.41) is 4.72. The molecule has 0 bridgehead atoms. The van der Waals surface area contributed by atoms with E-state index in [0.29, 0.717) is 12.4 Å². The first-order valence-corrected chi connectivity index (χ1v) is 8.46. The molecule has 0 N–H and O–H groups in total. The number of esters is 1. The lowest BCUT2D eigenvalue weighted by Gasteiger charge is -2.04. The zero-order valence-corrected chi connectivity index (χ0v) is 14.8. The first-order chi connectivity index (χ1) is 12.7. The molecule has 0 radical (unpaired) electrons. The highest BCUT2D eigenvalue weighted by molar-refractivity contribution is 5.91. The molecule has 0 saturated carbocycles. The molecule has 0 unspecified atom stereocenters. The number of rotatable bonds is 7. The Kier molecular flexibility index (Phi) is 5.63. The van der Waals surface area contributed by atoms with Crippen molar-refractivity contribution in [1.82, 2.24) is 10.1 Å². The number of fused-ring (bicyclic) bond motifs is 1. The molecule has 0 atom stereocenters. The van der Waals surface area contributed by atoms with E-state index in [2.05, 4.69) is 10.1 Å². The van der Waals surface area contributed by atoms with E-state index in [1.165, 1.54) is 0 Å². The normalized spacial score (nSPS) is 11.2. The van der Waals surface area contributed by atoms with Gasteiger partial charge in [0.2, 0.25) is 0 Å². The summed E-state index contributed by atoms with van der Waals surface area (Å²) in [7, 11) is 1.63. The van der Waals surface area contributed by atoms with E-state index in [9.17, 15) is 4.79 Å². The predicted octanol–water partition coefficient (Wildman–Crippen LogP) is 4.36. The Morgan fingerprint density at radius 3 is 2.92 bits per heavy atom. The Labute approximate surface area is 151 Å². The van der Waals surface area contributed by atoms with Crippen LogP contribution in [-0.4, -0.2) is 29.8 Å². The number of benzene rings is 1. The maximum atomic E-state index is 11.9. The molecule has 0 aliphatic heterocycles. The molecule has 0 saturated heterocycles. The number of hydrogen-bond acceptors (Lipinski definition) is 6.